The summed E-state index contributed by atoms with van der Waals surface area (Å²) in [5.41, 5.74) is 5.15. The molecule has 1 rings (SSSR count). The summed E-state index contributed by atoms with van der Waals surface area (Å²) in [7, 11) is 1.51. The molecule has 1 heterocycles. The Bertz CT molecular complexity index is 174. The molecule has 0 unspecified atom stereocenters. The van der Waals surface area contributed by atoms with Crippen LogP contribution >= 0.6 is 0 Å². The van der Waals surface area contributed by atoms with E-state index in [1.807, 2.05) is 0 Å². The van der Waals surface area contributed by atoms with E-state index in [-0.39, 0.29) is 5.95 Å². The second-order valence-corrected chi connectivity index (χ2v) is 1.50. The summed E-state index contributed by atoms with van der Waals surface area (Å²) < 4.78 is 13.3. The number of halogens is 1. The first-order valence-electron chi connectivity index (χ1n) is 2.14. The highest BCUT2D eigenvalue weighted by Crippen LogP contribution is 1.99. The highest BCUT2D eigenvalue weighted by atomic mass is 19.1. The smallest absolute Gasteiger partial charge is 0.214 e. The number of rotatable bonds is 0. The lowest BCUT2D eigenvalue weighted by atomic mass is 10.9. The number of anilines is 1. The van der Waals surface area contributed by atoms with Gasteiger partial charge in [0.15, 0.2) is 0 Å². The Morgan fingerprint density at radius 3 is 2.62 bits per heavy atom. The standard InChI is InChI=1S/C4H6FN3/c1-8-3(5)2-7-4(8)6/h2H,1H3,(H2,6,7). The van der Waals surface area contributed by atoms with E-state index in [9.17, 15) is 4.39 Å². The van der Waals surface area contributed by atoms with Crippen LogP contribution in [0.3, 0.4) is 0 Å². The molecule has 0 aliphatic heterocycles. The number of nitrogens with two attached hydrogens (primary N) is 1. The van der Waals surface area contributed by atoms with E-state index in [4.69, 9.17) is 5.73 Å². The van der Waals surface area contributed by atoms with Crippen molar-refractivity contribution in [2.75, 3.05) is 5.73 Å². The predicted molar refractivity (Wildman–Crippen MR) is 27.6 cm³/mol. The second-order valence-electron chi connectivity index (χ2n) is 1.50. The van der Waals surface area contributed by atoms with Gasteiger partial charge in [0.25, 0.3) is 0 Å². The van der Waals surface area contributed by atoms with Crippen LogP contribution in [0.1, 0.15) is 0 Å². The van der Waals surface area contributed by atoms with Gasteiger partial charge in [-0.15, -0.1) is 0 Å². The van der Waals surface area contributed by atoms with Gasteiger partial charge in [-0.3, -0.25) is 4.57 Å². The molecule has 0 spiro atoms. The van der Waals surface area contributed by atoms with Crippen molar-refractivity contribution in [1.82, 2.24) is 9.55 Å². The molecule has 3 nitrogen and oxygen atoms in total. The third-order valence-corrected chi connectivity index (χ3v) is 0.967. The Morgan fingerprint density at radius 2 is 2.50 bits per heavy atom. The molecule has 0 fully saturated rings. The number of nitrogens with zero attached hydrogens (tertiary/aromatic N) is 2. The average Bonchev–Trinajstić information content (AvgIpc) is 1.98. The van der Waals surface area contributed by atoms with Gasteiger partial charge in [0.1, 0.15) is 0 Å². The monoisotopic (exact) mass is 115 g/mol. The maximum Gasteiger partial charge on any atom is 0.214 e. The van der Waals surface area contributed by atoms with E-state index in [2.05, 4.69) is 4.98 Å². The number of hydrogen-bond acceptors (Lipinski definition) is 2. The topological polar surface area (TPSA) is 43.8 Å². The molecular formula is C4H6FN3. The van der Waals surface area contributed by atoms with E-state index >= 15 is 0 Å². The van der Waals surface area contributed by atoms with E-state index in [1.54, 1.807) is 0 Å². The van der Waals surface area contributed by atoms with E-state index in [0.29, 0.717) is 0 Å². The van der Waals surface area contributed by atoms with Gasteiger partial charge in [-0.25, -0.2) is 4.98 Å². The Labute approximate surface area is 45.9 Å². The molecule has 0 amide bonds. The van der Waals surface area contributed by atoms with Crippen molar-refractivity contribution >= 4 is 5.95 Å². The number of nitrogen functional groups attached to an aromatic ring is 1. The van der Waals surface area contributed by atoms with Crippen LogP contribution in [0.15, 0.2) is 6.20 Å². The molecule has 0 saturated carbocycles. The van der Waals surface area contributed by atoms with Crippen LogP contribution in [0.25, 0.3) is 0 Å². The Hall–Kier alpha value is -1.06. The zero-order valence-corrected chi connectivity index (χ0v) is 4.43. The Kier molecular flexibility index (Phi) is 0.932. The zero-order chi connectivity index (χ0) is 6.15. The molecule has 2 N–H and O–H groups in total. The van der Waals surface area contributed by atoms with E-state index < -0.39 is 5.95 Å². The molecule has 0 aliphatic rings. The Balaban J connectivity index is 3.19. The summed E-state index contributed by atoms with van der Waals surface area (Å²) in [6.07, 6.45) is 1.08. The quantitative estimate of drug-likeness (QED) is 0.522. The molecule has 1 aromatic rings. The van der Waals surface area contributed by atoms with Crippen LogP contribution in [-0.4, -0.2) is 9.55 Å². The average molecular weight is 115 g/mol. The summed E-state index contributed by atoms with van der Waals surface area (Å²) in [5.74, 6) is -0.218. The van der Waals surface area contributed by atoms with Crippen molar-refractivity contribution in [3.63, 3.8) is 0 Å². The van der Waals surface area contributed by atoms with Crippen molar-refractivity contribution in [2.24, 2.45) is 7.05 Å². The SMILES string of the molecule is Cn1c(F)cnc1N. The van der Waals surface area contributed by atoms with Crippen molar-refractivity contribution in [2.45, 2.75) is 0 Å². The summed E-state index contributed by atoms with van der Waals surface area (Å²) in [6.45, 7) is 0. The first-order chi connectivity index (χ1) is 3.72. The van der Waals surface area contributed by atoms with E-state index in [1.165, 1.54) is 11.6 Å². The van der Waals surface area contributed by atoms with Crippen molar-refractivity contribution < 1.29 is 4.39 Å². The van der Waals surface area contributed by atoms with Crippen LogP contribution in [0.2, 0.25) is 0 Å². The fraction of sp³-hybridized carbons (Fsp3) is 0.250. The second kappa shape index (κ2) is 1.47. The molecule has 0 bridgehead atoms. The van der Waals surface area contributed by atoms with Crippen LogP contribution in [0.5, 0.6) is 0 Å². The minimum atomic E-state index is -0.414. The third kappa shape index (κ3) is 0.538. The van der Waals surface area contributed by atoms with Gasteiger partial charge in [-0.2, -0.15) is 4.39 Å². The third-order valence-electron chi connectivity index (χ3n) is 0.967. The fourth-order valence-corrected chi connectivity index (χ4v) is 0.402. The fourth-order valence-electron chi connectivity index (χ4n) is 0.402. The molecule has 0 aromatic carbocycles. The molecule has 44 valence electrons. The highest BCUT2D eigenvalue weighted by molar-refractivity contribution is 5.16. The van der Waals surface area contributed by atoms with Gasteiger partial charge in [0.2, 0.25) is 11.9 Å². The maximum atomic E-state index is 12.2. The van der Waals surface area contributed by atoms with Crippen molar-refractivity contribution in [3.8, 4) is 0 Å². The van der Waals surface area contributed by atoms with Crippen LogP contribution < -0.4 is 5.73 Å². The van der Waals surface area contributed by atoms with Gasteiger partial charge in [-0.05, 0) is 0 Å². The lowest BCUT2D eigenvalue weighted by Crippen LogP contribution is -1.98. The zero-order valence-electron chi connectivity index (χ0n) is 4.43. The van der Waals surface area contributed by atoms with Gasteiger partial charge >= 0.3 is 0 Å². The predicted octanol–water partition coefficient (Wildman–Crippen LogP) is 0.141. The summed E-state index contributed by atoms with van der Waals surface area (Å²) in [5, 5.41) is 0. The molecule has 0 aliphatic carbocycles. The van der Waals surface area contributed by atoms with Crippen molar-refractivity contribution in [1.29, 1.82) is 0 Å². The van der Waals surface area contributed by atoms with Crippen LogP contribution in [-0.2, 0) is 7.05 Å². The lowest BCUT2D eigenvalue weighted by Gasteiger charge is -1.90. The van der Waals surface area contributed by atoms with Crippen LogP contribution in [0, 0.1) is 5.95 Å². The molecular weight excluding hydrogens is 109 g/mol. The molecule has 4 heteroatoms. The number of hydrogen-bond donors (Lipinski definition) is 1. The minimum absolute atomic E-state index is 0.197. The van der Waals surface area contributed by atoms with Gasteiger partial charge in [0, 0.05) is 7.05 Å². The maximum absolute atomic E-state index is 12.2. The van der Waals surface area contributed by atoms with Gasteiger partial charge < -0.3 is 5.73 Å². The first-order valence-corrected chi connectivity index (χ1v) is 2.14. The molecule has 0 atom stereocenters. The normalized spacial score (nSPS) is 9.75. The molecule has 8 heavy (non-hydrogen) atoms. The Morgan fingerprint density at radius 1 is 1.88 bits per heavy atom. The summed E-state index contributed by atoms with van der Waals surface area (Å²) in [4.78, 5) is 3.48. The minimum Gasteiger partial charge on any atom is -0.369 e. The number of imidazole rings is 1. The summed E-state index contributed by atoms with van der Waals surface area (Å²) in [6, 6.07) is 0. The first kappa shape index (κ1) is 5.08. The molecule has 0 radical (unpaired) electrons. The molecule has 1 aromatic heterocycles. The number of aromatic nitrogens is 2. The van der Waals surface area contributed by atoms with Crippen molar-refractivity contribution in [3.05, 3.63) is 12.1 Å². The highest BCUT2D eigenvalue weighted by Gasteiger charge is 1.97. The van der Waals surface area contributed by atoms with E-state index in [0.717, 1.165) is 6.20 Å². The largest absolute Gasteiger partial charge is 0.369 e. The summed E-state index contributed by atoms with van der Waals surface area (Å²) >= 11 is 0. The van der Waals surface area contributed by atoms with Gasteiger partial charge in [-0.1, -0.05) is 0 Å². The lowest BCUT2D eigenvalue weighted by molar-refractivity contribution is 0.538. The molecule has 0 saturated heterocycles. The van der Waals surface area contributed by atoms with Crippen LogP contribution in [0.4, 0.5) is 10.3 Å². The van der Waals surface area contributed by atoms with Gasteiger partial charge in [0.05, 0.1) is 6.20 Å².